The highest BCUT2D eigenvalue weighted by Crippen LogP contribution is 2.16. The van der Waals surface area contributed by atoms with E-state index < -0.39 is 0 Å². The molecule has 2 aromatic carbocycles. The second-order valence-electron chi connectivity index (χ2n) is 6.61. The molecule has 2 amide bonds. The summed E-state index contributed by atoms with van der Waals surface area (Å²) in [5, 5.41) is 6.02. The van der Waals surface area contributed by atoms with Crippen LogP contribution in [0.15, 0.2) is 54.6 Å². The molecule has 1 fully saturated rings. The van der Waals surface area contributed by atoms with Gasteiger partial charge in [-0.2, -0.15) is 0 Å². The summed E-state index contributed by atoms with van der Waals surface area (Å²) in [6.07, 6.45) is 0. The van der Waals surface area contributed by atoms with E-state index in [1.807, 2.05) is 30.3 Å². The van der Waals surface area contributed by atoms with Crippen molar-refractivity contribution in [1.82, 2.24) is 15.5 Å². The van der Waals surface area contributed by atoms with Crippen molar-refractivity contribution in [3.05, 3.63) is 70.7 Å². The highest BCUT2D eigenvalue weighted by Gasteiger charge is 2.20. The van der Waals surface area contributed by atoms with Gasteiger partial charge in [-0.1, -0.05) is 54.1 Å². The highest BCUT2D eigenvalue weighted by molar-refractivity contribution is 6.33. The maximum atomic E-state index is 12.5. The quantitative estimate of drug-likeness (QED) is 0.746. The second-order valence-corrected chi connectivity index (χ2v) is 7.01. The maximum absolute atomic E-state index is 12.5. The van der Waals surface area contributed by atoms with E-state index in [4.69, 9.17) is 16.3 Å². The first-order valence-corrected chi connectivity index (χ1v) is 9.68. The molecule has 0 unspecified atom stereocenters. The fourth-order valence-electron chi connectivity index (χ4n) is 3.11. The molecule has 6 nitrogen and oxygen atoms in total. The van der Waals surface area contributed by atoms with Crippen molar-refractivity contribution in [2.75, 3.05) is 39.4 Å². The van der Waals surface area contributed by atoms with E-state index >= 15 is 0 Å². The fourth-order valence-corrected chi connectivity index (χ4v) is 3.33. The number of nitrogens with one attached hydrogen (secondary N) is 2. The molecule has 0 aromatic heterocycles. The van der Waals surface area contributed by atoms with Crippen LogP contribution in [0.25, 0.3) is 0 Å². The van der Waals surface area contributed by atoms with E-state index in [1.54, 1.807) is 24.3 Å². The first kappa shape index (κ1) is 20.3. The molecule has 1 aliphatic rings. The Kier molecular flexibility index (Phi) is 7.42. The average Bonchev–Trinajstić information content (AvgIpc) is 2.73. The van der Waals surface area contributed by atoms with Gasteiger partial charge in [-0.05, 0) is 17.7 Å². The van der Waals surface area contributed by atoms with E-state index in [-0.39, 0.29) is 24.4 Å². The van der Waals surface area contributed by atoms with Gasteiger partial charge < -0.3 is 15.4 Å². The molecule has 28 heavy (non-hydrogen) atoms. The van der Waals surface area contributed by atoms with Gasteiger partial charge in [-0.25, -0.2) is 0 Å². The van der Waals surface area contributed by atoms with Crippen LogP contribution in [-0.4, -0.2) is 56.1 Å². The van der Waals surface area contributed by atoms with Crippen molar-refractivity contribution in [2.24, 2.45) is 0 Å². The Balaban J connectivity index is 1.59. The summed E-state index contributed by atoms with van der Waals surface area (Å²) in [5.41, 5.74) is 1.38. The van der Waals surface area contributed by atoms with E-state index in [0.717, 1.165) is 18.7 Å². The first-order valence-electron chi connectivity index (χ1n) is 9.30. The molecule has 0 aliphatic carbocycles. The molecule has 0 spiro atoms. The van der Waals surface area contributed by atoms with Crippen molar-refractivity contribution < 1.29 is 14.3 Å². The van der Waals surface area contributed by atoms with Crippen molar-refractivity contribution in [3.8, 4) is 0 Å². The lowest BCUT2D eigenvalue weighted by atomic mass is 10.1. The Morgan fingerprint density at radius 2 is 1.71 bits per heavy atom. The molecular formula is C21H24ClN3O3. The van der Waals surface area contributed by atoms with E-state index in [9.17, 15) is 9.59 Å². The van der Waals surface area contributed by atoms with E-state index in [2.05, 4.69) is 15.5 Å². The van der Waals surface area contributed by atoms with Crippen LogP contribution in [-0.2, 0) is 9.53 Å². The minimum Gasteiger partial charge on any atom is -0.379 e. The topological polar surface area (TPSA) is 70.7 Å². The van der Waals surface area contributed by atoms with Gasteiger partial charge in [0.25, 0.3) is 5.91 Å². The van der Waals surface area contributed by atoms with Crippen molar-refractivity contribution >= 4 is 23.4 Å². The largest absolute Gasteiger partial charge is 0.379 e. The second kappa shape index (κ2) is 10.2. The SMILES string of the molecule is O=C(CNC(=O)c1ccccc1Cl)N[C@H](CN1CCOCC1)c1ccccc1. The molecule has 0 bridgehead atoms. The predicted molar refractivity (Wildman–Crippen MR) is 108 cm³/mol. The number of hydrogen-bond donors (Lipinski definition) is 2. The van der Waals surface area contributed by atoms with E-state index in [1.165, 1.54) is 0 Å². The summed E-state index contributed by atoms with van der Waals surface area (Å²) in [4.78, 5) is 27.0. The Labute approximate surface area is 169 Å². The zero-order valence-corrected chi connectivity index (χ0v) is 16.3. The van der Waals surface area contributed by atoms with Crippen LogP contribution in [0.2, 0.25) is 5.02 Å². The van der Waals surface area contributed by atoms with Crippen LogP contribution in [0.1, 0.15) is 22.0 Å². The zero-order valence-electron chi connectivity index (χ0n) is 15.6. The normalized spacial score (nSPS) is 15.6. The monoisotopic (exact) mass is 401 g/mol. The smallest absolute Gasteiger partial charge is 0.253 e. The molecule has 1 atom stereocenters. The van der Waals surface area contributed by atoms with Crippen LogP contribution < -0.4 is 10.6 Å². The number of amides is 2. The lowest BCUT2D eigenvalue weighted by Crippen LogP contribution is -2.45. The van der Waals surface area contributed by atoms with Crippen LogP contribution in [0.5, 0.6) is 0 Å². The van der Waals surface area contributed by atoms with E-state index in [0.29, 0.717) is 30.3 Å². The van der Waals surface area contributed by atoms with Crippen molar-refractivity contribution in [3.63, 3.8) is 0 Å². The third kappa shape index (κ3) is 5.79. The molecule has 1 heterocycles. The summed E-state index contributed by atoms with van der Waals surface area (Å²) >= 11 is 6.03. The summed E-state index contributed by atoms with van der Waals surface area (Å²) < 4.78 is 5.40. The summed E-state index contributed by atoms with van der Waals surface area (Å²) in [5.74, 6) is -0.618. The zero-order chi connectivity index (χ0) is 19.8. The summed E-state index contributed by atoms with van der Waals surface area (Å²) in [7, 11) is 0. The minimum atomic E-state index is -0.370. The number of rotatable bonds is 7. The summed E-state index contributed by atoms with van der Waals surface area (Å²) in [6, 6.07) is 16.4. The lowest BCUT2D eigenvalue weighted by Gasteiger charge is -2.31. The van der Waals surface area contributed by atoms with Gasteiger partial charge in [0.15, 0.2) is 0 Å². The average molecular weight is 402 g/mol. The van der Waals surface area contributed by atoms with Crippen LogP contribution >= 0.6 is 11.6 Å². The standard InChI is InChI=1S/C21H24ClN3O3/c22-18-9-5-4-8-17(18)21(27)23-14-20(26)24-19(16-6-2-1-3-7-16)15-25-10-12-28-13-11-25/h1-9,19H,10-15H2,(H,23,27)(H,24,26)/t19-/m1/s1. The predicted octanol–water partition coefficient (Wildman–Crippen LogP) is 2.26. The number of morpholine rings is 1. The fraction of sp³-hybridized carbons (Fsp3) is 0.333. The molecule has 2 N–H and O–H groups in total. The highest BCUT2D eigenvalue weighted by atomic mass is 35.5. The van der Waals surface area contributed by atoms with Gasteiger partial charge >= 0.3 is 0 Å². The molecular weight excluding hydrogens is 378 g/mol. The van der Waals surface area contributed by atoms with Gasteiger partial charge in [-0.3, -0.25) is 14.5 Å². The maximum Gasteiger partial charge on any atom is 0.253 e. The Bertz CT molecular complexity index is 794. The Morgan fingerprint density at radius 1 is 1.04 bits per heavy atom. The Morgan fingerprint density at radius 3 is 2.43 bits per heavy atom. The Hall–Kier alpha value is -2.41. The number of nitrogens with zero attached hydrogens (tertiary/aromatic N) is 1. The number of benzene rings is 2. The number of ether oxygens (including phenoxy) is 1. The van der Waals surface area contributed by atoms with Gasteiger partial charge in [0.1, 0.15) is 0 Å². The molecule has 2 aromatic rings. The number of carbonyl (C=O) groups excluding carboxylic acids is 2. The number of carbonyl (C=O) groups is 2. The molecule has 1 aliphatic heterocycles. The summed E-state index contributed by atoms with van der Waals surface area (Å²) in [6.45, 7) is 3.64. The third-order valence-electron chi connectivity index (χ3n) is 4.61. The number of hydrogen-bond acceptors (Lipinski definition) is 4. The van der Waals surface area contributed by atoms with Gasteiger partial charge in [0.2, 0.25) is 5.91 Å². The van der Waals surface area contributed by atoms with Gasteiger partial charge in [-0.15, -0.1) is 0 Å². The first-order chi connectivity index (χ1) is 13.6. The van der Waals surface area contributed by atoms with Crippen molar-refractivity contribution in [1.29, 1.82) is 0 Å². The third-order valence-corrected chi connectivity index (χ3v) is 4.94. The van der Waals surface area contributed by atoms with Gasteiger partial charge in [0.05, 0.1) is 36.4 Å². The molecule has 148 valence electrons. The number of halogens is 1. The lowest BCUT2D eigenvalue weighted by molar-refractivity contribution is -0.121. The molecule has 0 saturated carbocycles. The molecule has 7 heteroatoms. The van der Waals surface area contributed by atoms with Crippen LogP contribution in [0.3, 0.4) is 0 Å². The minimum absolute atomic E-state index is 0.115. The molecule has 3 rings (SSSR count). The van der Waals surface area contributed by atoms with Gasteiger partial charge in [0, 0.05) is 19.6 Å². The molecule has 0 radical (unpaired) electrons. The van der Waals surface area contributed by atoms with Crippen molar-refractivity contribution in [2.45, 2.75) is 6.04 Å². The van der Waals surface area contributed by atoms with Crippen LogP contribution in [0, 0.1) is 0 Å². The van der Waals surface area contributed by atoms with Crippen LogP contribution in [0.4, 0.5) is 0 Å². The molecule has 1 saturated heterocycles.